The van der Waals surface area contributed by atoms with Gasteiger partial charge < -0.3 is 10.1 Å². The largest absolute Gasteiger partial charge is 0.495 e. The van der Waals surface area contributed by atoms with Crippen LogP contribution in [0.3, 0.4) is 0 Å². The van der Waals surface area contributed by atoms with Crippen molar-refractivity contribution in [1.29, 1.82) is 0 Å². The summed E-state index contributed by atoms with van der Waals surface area (Å²) in [6.07, 6.45) is 3.22. The van der Waals surface area contributed by atoms with Crippen molar-refractivity contribution in [1.82, 2.24) is 0 Å². The molecule has 2 rings (SSSR count). The maximum atomic E-state index is 13.1. The topological polar surface area (TPSA) is 75.7 Å². The van der Waals surface area contributed by atoms with Crippen molar-refractivity contribution in [2.24, 2.45) is 0 Å². The van der Waals surface area contributed by atoms with Crippen LogP contribution >= 0.6 is 23.4 Å². The smallest absolute Gasteiger partial charge is 0.248 e. The molecule has 28 heavy (non-hydrogen) atoms. The van der Waals surface area contributed by atoms with Crippen LogP contribution in [0.4, 0.5) is 11.4 Å². The molecule has 0 spiro atoms. The van der Waals surface area contributed by atoms with Gasteiger partial charge in [-0.3, -0.25) is 9.10 Å². The highest BCUT2D eigenvalue weighted by molar-refractivity contribution is 7.98. The van der Waals surface area contributed by atoms with E-state index in [4.69, 9.17) is 16.3 Å². The molecule has 9 heteroatoms. The molecule has 6 nitrogen and oxygen atoms in total. The molecule has 0 heterocycles. The molecule has 0 aliphatic heterocycles. The Morgan fingerprint density at radius 1 is 1.29 bits per heavy atom. The van der Waals surface area contributed by atoms with Crippen LogP contribution in [0.25, 0.3) is 0 Å². The minimum Gasteiger partial charge on any atom is -0.495 e. The Hall–Kier alpha value is -1.90. The Kier molecular flexibility index (Phi) is 7.63. The molecule has 1 N–H and O–H groups in total. The molecule has 1 unspecified atom stereocenters. The van der Waals surface area contributed by atoms with E-state index in [0.29, 0.717) is 16.5 Å². The van der Waals surface area contributed by atoms with E-state index in [0.717, 1.165) is 15.5 Å². The van der Waals surface area contributed by atoms with Crippen molar-refractivity contribution < 1.29 is 17.9 Å². The number of sulfonamides is 1. The summed E-state index contributed by atoms with van der Waals surface area (Å²) < 4.78 is 31.6. The van der Waals surface area contributed by atoms with Crippen molar-refractivity contribution in [3.05, 3.63) is 47.5 Å². The fourth-order valence-corrected chi connectivity index (χ4v) is 4.76. The summed E-state index contributed by atoms with van der Waals surface area (Å²) in [6, 6.07) is 11.0. The summed E-state index contributed by atoms with van der Waals surface area (Å²) in [5, 5.41) is 3.19. The van der Waals surface area contributed by atoms with Crippen molar-refractivity contribution in [3.63, 3.8) is 0 Å². The molecule has 2 aromatic rings. The lowest BCUT2D eigenvalue weighted by Gasteiger charge is -2.31. The van der Waals surface area contributed by atoms with Gasteiger partial charge in [-0.1, -0.05) is 30.7 Å². The van der Waals surface area contributed by atoms with E-state index in [1.165, 1.54) is 24.9 Å². The number of carbonyl (C=O) groups is 1. The zero-order chi connectivity index (χ0) is 20.9. The van der Waals surface area contributed by atoms with E-state index in [1.807, 2.05) is 24.5 Å². The summed E-state index contributed by atoms with van der Waals surface area (Å²) in [5.41, 5.74) is 0.850. The van der Waals surface area contributed by atoms with Gasteiger partial charge in [-0.25, -0.2) is 8.42 Å². The van der Waals surface area contributed by atoms with Crippen LogP contribution in [0.15, 0.2) is 47.4 Å². The van der Waals surface area contributed by atoms with Crippen molar-refractivity contribution in [2.45, 2.75) is 24.3 Å². The van der Waals surface area contributed by atoms with Gasteiger partial charge in [-0.15, -0.1) is 11.8 Å². The van der Waals surface area contributed by atoms with Crippen LogP contribution in [-0.4, -0.2) is 40.0 Å². The molecular formula is C19H23ClN2O4S2. The molecular weight excluding hydrogens is 420 g/mol. The lowest BCUT2D eigenvalue weighted by Crippen LogP contribution is -2.47. The van der Waals surface area contributed by atoms with Gasteiger partial charge >= 0.3 is 0 Å². The van der Waals surface area contributed by atoms with Crippen LogP contribution < -0.4 is 14.4 Å². The second-order valence-electron chi connectivity index (χ2n) is 5.99. The number of nitrogens with one attached hydrogen (secondary N) is 1. The first-order chi connectivity index (χ1) is 13.2. The van der Waals surface area contributed by atoms with E-state index in [1.54, 1.807) is 25.1 Å². The fourth-order valence-electron chi connectivity index (χ4n) is 2.83. The molecule has 2 aromatic carbocycles. The lowest BCUT2D eigenvalue weighted by molar-refractivity contribution is -0.117. The van der Waals surface area contributed by atoms with E-state index in [2.05, 4.69) is 5.32 Å². The number of benzene rings is 2. The minimum atomic E-state index is -3.80. The van der Waals surface area contributed by atoms with Gasteiger partial charge in [0.2, 0.25) is 15.9 Å². The maximum absolute atomic E-state index is 13.1. The van der Waals surface area contributed by atoms with Crippen LogP contribution in [0.2, 0.25) is 5.02 Å². The highest BCUT2D eigenvalue weighted by Gasteiger charge is 2.33. The third-order valence-electron chi connectivity index (χ3n) is 4.07. The fraction of sp³-hybridized carbons (Fsp3) is 0.316. The molecule has 0 bridgehead atoms. The van der Waals surface area contributed by atoms with Gasteiger partial charge in [-0.05, 0) is 43.0 Å². The molecule has 0 saturated carbocycles. The molecule has 0 aromatic heterocycles. The molecule has 0 aliphatic rings. The average Bonchev–Trinajstić information content (AvgIpc) is 2.65. The summed E-state index contributed by atoms with van der Waals surface area (Å²) >= 11 is 7.58. The Labute approximate surface area is 175 Å². The second-order valence-corrected chi connectivity index (χ2v) is 9.13. The van der Waals surface area contributed by atoms with Gasteiger partial charge in [0.05, 0.1) is 24.7 Å². The van der Waals surface area contributed by atoms with Crippen molar-refractivity contribution in [3.8, 4) is 5.75 Å². The number of para-hydroxylation sites is 1. The number of ether oxygens (including phenoxy) is 1. The molecule has 152 valence electrons. The zero-order valence-electron chi connectivity index (χ0n) is 16.1. The van der Waals surface area contributed by atoms with Gasteiger partial charge in [-0.2, -0.15) is 0 Å². The molecule has 1 amide bonds. The van der Waals surface area contributed by atoms with Crippen LogP contribution in [0.1, 0.15) is 13.3 Å². The minimum absolute atomic E-state index is 0.220. The number of rotatable bonds is 8. The number of methoxy groups -OCH3 is 1. The van der Waals surface area contributed by atoms with E-state index in [-0.39, 0.29) is 12.1 Å². The highest BCUT2D eigenvalue weighted by atomic mass is 35.5. The predicted octanol–water partition coefficient (Wildman–Crippen LogP) is 4.25. The highest BCUT2D eigenvalue weighted by Crippen LogP contribution is 2.35. The Morgan fingerprint density at radius 2 is 1.96 bits per heavy atom. The maximum Gasteiger partial charge on any atom is 0.248 e. The number of hydrogen-bond donors (Lipinski definition) is 1. The third-order valence-corrected chi connectivity index (χ3v) is 6.27. The number of carbonyl (C=O) groups excluding carboxylic acids is 1. The molecule has 0 aliphatic carbocycles. The van der Waals surface area contributed by atoms with Crippen LogP contribution in [0.5, 0.6) is 5.75 Å². The van der Waals surface area contributed by atoms with Gasteiger partial charge in [0.15, 0.2) is 0 Å². The second kappa shape index (κ2) is 9.54. The van der Waals surface area contributed by atoms with Crippen LogP contribution in [0, 0.1) is 0 Å². The average molecular weight is 443 g/mol. The Balaban J connectivity index is 2.50. The van der Waals surface area contributed by atoms with Gasteiger partial charge in [0.25, 0.3) is 0 Å². The molecule has 0 saturated heterocycles. The van der Waals surface area contributed by atoms with Crippen LogP contribution in [-0.2, 0) is 14.8 Å². The number of halogens is 1. The number of thioether (sulfide) groups is 1. The first-order valence-electron chi connectivity index (χ1n) is 8.49. The lowest BCUT2D eigenvalue weighted by atomic mass is 10.1. The van der Waals surface area contributed by atoms with E-state index < -0.39 is 22.0 Å². The quantitative estimate of drug-likeness (QED) is 0.618. The summed E-state index contributed by atoms with van der Waals surface area (Å²) in [5.74, 6) is -0.123. The first kappa shape index (κ1) is 22.4. The normalized spacial score (nSPS) is 12.3. The number of hydrogen-bond acceptors (Lipinski definition) is 5. The van der Waals surface area contributed by atoms with Crippen molar-refractivity contribution >= 4 is 50.7 Å². The molecule has 0 radical (unpaired) electrons. The van der Waals surface area contributed by atoms with E-state index in [9.17, 15) is 13.2 Å². The first-order valence-corrected chi connectivity index (χ1v) is 11.9. The summed E-state index contributed by atoms with van der Waals surface area (Å²) in [6.45, 7) is 1.75. The molecule has 1 atom stereocenters. The Morgan fingerprint density at radius 3 is 2.54 bits per heavy atom. The molecule has 0 fully saturated rings. The standard InChI is InChI=1S/C19H23ClN2O4S2/c1-5-15(19(23)21-14-8-6-7-9-18(14)27-3)22(28(4,24)25)16-12-13(20)10-11-17(16)26-2/h6-12,15H,5H2,1-4H3,(H,21,23). The Bertz CT molecular complexity index is 951. The SMILES string of the molecule is CCC(C(=O)Nc1ccccc1SC)N(c1cc(Cl)ccc1OC)S(C)(=O)=O. The van der Waals surface area contributed by atoms with Gasteiger partial charge in [0, 0.05) is 9.92 Å². The van der Waals surface area contributed by atoms with Gasteiger partial charge in [0.1, 0.15) is 11.8 Å². The monoisotopic (exact) mass is 442 g/mol. The number of nitrogens with zero attached hydrogens (tertiary/aromatic N) is 1. The summed E-state index contributed by atoms with van der Waals surface area (Å²) in [7, 11) is -2.37. The van der Waals surface area contributed by atoms with Crippen molar-refractivity contribution in [2.75, 3.05) is 29.2 Å². The number of anilines is 2. The summed E-state index contributed by atoms with van der Waals surface area (Å²) in [4.78, 5) is 13.9. The van der Waals surface area contributed by atoms with E-state index >= 15 is 0 Å². The predicted molar refractivity (Wildman–Crippen MR) is 116 cm³/mol. The zero-order valence-corrected chi connectivity index (χ0v) is 18.5. The number of amides is 1. The third kappa shape index (κ3) is 5.12.